The van der Waals surface area contributed by atoms with Crippen LogP contribution in [0.4, 0.5) is 0 Å². The Balaban J connectivity index is 2.02. The predicted octanol–water partition coefficient (Wildman–Crippen LogP) is 1.95. The maximum atomic E-state index is 11.1. The highest BCUT2D eigenvalue weighted by atomic mass is 32.2. The highest BCUT2D eigenvalue weighted by Crippen LogP contribution is 2.27. The quantitative estimate of drug-likeness (QED) is 0.718. The molecule has 0 radical (unpaired) electrons. The highest BCUT2D eigenvalue weighted by molar-refractivity contribution is 7.85. The molecule has 0 amide bonds. The monoisotopic (exact) mass is 359 g/mol. The molecular weight excluding hydrogens is 334 g/mol. The Morgan fingerprint density at radius 2 is 1.92 bits per heavy atom. The van der Waals surface area contributed by atoms with Gasteiger partial charge < -0.3 is 14.2 Å². The minimum atomic E-state index is -3.52. The summed E-state index contributed by atoms with van der Waals surface area (Å²) in [5.41, 5.74) is 2.20. The first-order chi connectivity index (χ1) is 11.1. The zero-order chi connectivity index (χ0) is 18.0. The van der Waals surface area contributed by atoms with E-state index in [4.69, 9.17) is 18.4 Å². The third kappa shape index (κ3) is 5.41. The van der Waals surface area contributed by atoms with E-state index < -0.39 is 15.9 Å². The molecule has 1 aliphatic rings. The van der Waals surface area contributed by atoms with E-state index in [0.717, 1.165) is 17.4 Å². The Morgan fingerprint density at radius 3 is 2.50 bits per heavy atom. The topological polar surface area (TPSA) is 84.0 Å². The molecule has 0 spiro atoms. The van der Waals surface area contributed by atoms with E-state index in [1.807, 2.05) is 27.7 Å². The molecule has 0 aliphatic carbocycles. The minimum absolute atomic E-state index is 0.106. The maximum absolute atomic E-state index is 11.1. The molecule has 0 N–H and O–H groups in total. The van der Waals surface area contributed by atoms with Gasteiger partial charge in [-0.2, -0.15) is 8.42 Å². The molecule has 1 saturated heterocycles. The van der Waals surface area contributed by atoms with Crippen LogP contribution in [-0.4, -0.2) is 45.3 Å². The normalized spacial score (nSPS) is 18.5. The Hall–Kier alpha value is -1.22. The van der Waals surface area contributed by atoms with Crippen molar-refractivity contribution in [3.05, 3.63) is 23.0 Å². The number of nitrogens with zero attached hydrogens (tertiary/aromatic N) is 1. The molecular formula is C16H25NO6S. The van der Waals surface area contributed by atoms with Gasteiger partial charge in [-0.3, -0.25) is 9.17 Å². The molecule has 1 aliphatic heterocycles. The van der Waals surface area contributed by atoms with Gasteiger partial charge in [0.2, 0.25) is 0 Å². The van der Waals surface area contributed by atoms with Crippen LogP contribution in [0.2, 0.25) is 0 Å². The van der Waals surface area contributed by atoms with Gasteiger partial charge in [-0.05, 0) is 27.7 Å². The van der Waals surface area contributed by atoms with E-state index in [2.05, 4.69) is 4.98 Å². The first kappa shape index (κ1) is 19.1. The van der Waals surface area contributed by atoms with Crippen LogP contribution in [0.5, 0.6) is 5.75 Å². The molecule has 0 unspecified atom stereocenters. The number of hydrogen-bond donors (Lipinski definition) is 0. The fourth-order valence-electron chi connectivity index (χ4n) is 2.31. The number of hydrogen-bond acceptors (Lipinski definition) is 7. The van der Waals surface area contributed by atoms with Crippen LogP contribution in [0.1, 0.15) is 30.7 Å². The summed E-state index contributed by atoms with van der Waals surface area (Å²) in [6.07, 6.45) is 2.67. The molecule has 0 bridgehead atoms. The molecule has 136 valence electrons. The summed E-state index contributed by atoms with van der Waals surface area (Å²) in [4.78, 5) is 4.24. The van der Waals surface area contributed by atoms with Gasteiger partial charge in [-0.1, -0.05) is 0 Å². The molecule has 2 rings (SSSR count). The largest absolute Gasteiger partial charge is 0.492 e. The standard InChI is InChI=1S/C16H25NO6S/c1-11-6-17-14(10-23-24(5,18)19)12(2)15(11)20-7-13-8-21-16(3,4)22-9-13/h6,13H,7-10H2,1-5H3. The molecule has 0 atom stereocenters. The van der Waals surface area contributed by atoms with Crippen molar-refractivity contribution >= 4 is 10.1 Å². The van der Waals surface area contributed by atoms with Gasteiger partial charge in [0.25, 0.3) is 10.1 Å². The molecule has 1 aromatic heterocycles. The van der Waals surface area contributed by atoms with Gasteiger partial charge in [0.05, 0.1) is 31.8 Å². The predicted molar refractivity (Wildman–Crippen MR) is 88.3 cm³/mol. The van der Waals surface area contributed by atoms with Gasteiger partial charge in [0, 0.05) is 23.2 Å². The molecule has 1 fully saturated rings. The SMILES string of the molecule is Cc1cnc(COS(C)(=O)=O)c(C)c1OCC1COC(C)(C)OC1. The highest BCUT2D eigenvalue weighted by Gasteiger charge is 2.28. The van der Waals surface area contributed by atoms with Crippen molar-refractivity contribution in [3.63, 3.8) is 0 Å². The average Bonchev–Trinajstić information content (AvgIpc) is 2.46. The Morgan fingerprint density at radius 1 is 1.29 bits per heavy atom. The second-order valence-corrected chi connectivity index (χ2v) is 8.15. The molecule has 7 nitrogen and oxygen atoms in total. The van der Waals surface area contributed by atoms with Crippen molar-refractivity contribution in [3.8, 4) is 5.75 Å². The van der Waals surface area contributed by atoms with Crippen molar-refractivity contribution in [1.82, 2.24) is 4.98 Å². The molecule has 0 saturated carbocycles. The lowest BCUT2D eigenvalue weighted by molar-refractivity contribution is -0.264. The molecule has 24 heavy (non-hydrogen) atoms. The van der Waals surface area contributed by atoms with Crippen LogP contribution in [0.25, 0.3) is 0 Å². The van der Waals surface area contributed by atoms with E-state index in [-0.39, 0.29) is 12.5 Å². The van der Waals surface area contributed by atoms with Crippen LogP contribution in [-0.2, 0) is 30.4 Å². The van der Waals surface area contributed by atoms with Crippen LogP contribution in [0, 0.1) is 19.8 Å². The van der Waals surface area contributed by atoms with Crippen molar-refractivity contribution in [2.75, 3.05) is 26.1 Å². The fraction of sp³-hybridized carbons (Fsp3) is 0.688. The Bertz CT molecular complexity index is 676. The molecule has 0 aromatic carbocycles. The zero-order valence-electron chi connectivity index (χ0n) is 14.8. The Labute approximate surface area is 143 Å². The molecule has 8 heteroatoms. The lowest BCUT2D eigenvalue weighted by atomic mass is 10.1. The van der Waals surface area contributed by atoms with Crippen LogP contribution >= 0.6 is 0 Å². The molecule has 2 heterocycles. The fourth-order valence-corrected chi connectivity index (χ4v) is 2.64. The average molecular weight is 359 g/mol. The van der Waals surface area contributed by atoms with E-state index in [9.17, 15) is 8.42 Å². The number of ether oxygens (including phenoxy) is 3. The van der Waals surface area contributed by atoms with Crippen molar-refractivity contribution in [2.45, 2.75) is 40.1 Å². The van der Waals surface area contributed by atoms with Gasteiger partial charge >= 0.3 is 0 Å². The van der Waals surface area contributed by atoms with Crippen molar-refractivity contribution in [2.24, 2.45) is 5.92 Å². The lowest BCUT2D eigenvalue weighted by Gasteiger charge is -2.34. The summed E-state index contributed by atoms with van der Waals surface area (Å²) >= 11 is 0. The minimum Gasteiger partial charge on any atom is -0.492 e. The number of aromatic nitrogens is 1. The summed E-state index contributed by atoms with van der Waals surface area (Å²) in [7, 11) is -3.52. The lowest BCUT2D eigenvalue weighted by Crippen LogP contribution is -2.41. The van der Waals surface area contributed by atoms with Gasteiger partial charge in [0.1, 0.15) is 12.4 Å². The first-order valence-electron chi connectivity index (χ1n) is 7.77. The number of rotatable bonds is 6. The van der Waals surface area contributed by atoms with Crippen LogP contribution in [0.3, 0.4) is 0 Å². The van der Waals surface area contributed by atoms with Gasteiger partial charge in [-0.25, -0.2) is 0 Å². The van der Waals surface area contributed by atoms with Crippen LogP contribution < -0.4 is 4.74 Å². The Kier molecular flexibility index (Phi) is 5.85. The van der Waals surface area contributed by atoms with Gasteiger partial charge in [0.15, 0.2) is 5.79 Å². The zero-order valence-corrected chi connectivity index (χ0v) is 15.6. The third-order valence-corrected chi connectivity index (χ3v) is 4.30. The van der Waals surface area contributed by atoms with E-state index >= 15 is 0 Å². The third-order valence-electron chi connectivity index (χ3n) is 3.75. The second-order valence-electron chi connectivity index (χ2n) is 6.51. The molecule has 1 aromatic rings. The van der Waals surface area contributed by atoms with E-state index in [1.165, 1.54) is 0 Å². The summed E-state index contributed by atoms with van der Waals surface area (Å²) < 4.78 is 44.3. The van der Waals surface area contributed by atoms with E-state index in [0.29, 0.717) is 31.3 Å². The number of aryl methyl sites for hydroxylation is 1. The second kappa shape index (κ2) is 7.35. The summed E-state index contributed by atoms with van der Waals surface area (Å²) in [5, 5.41) is 0. The van der Waals surface area contributed by atoms with Crippen LogP contribution in [0.15, 0.2) is 6.20 Å². The summed E-state index contributed by atoms with van der Waals surface area (Å²) in [5.74, 6) is 0.289. The van der Waals surface area contributed by atoms with Gasteiger partial charge in [-0.15, -0.1) is 0 Å². The summed E-state index contributed by atoms with van der Waals surface area (Å²) in [6.45, 7) is 8.99. The maximum Gasteiger partial charge on any atom is 0.264 e. The smallest absolute Gasteiger partial charge is 0.264 e. The van der Waals surface area contributed by atoms with Crippen molar-refractivity contribution in [1.29, 1.82) is 0 Å². The number of pyridine rings is 1. The first-order valence-corrected chi connectivity index (χ1v) is 9.59. The van der Waals surface area contributed by atoms with Crippen molar-refractivity contribution < 1.29 is 26.8 Å². The summed E-state index contributed by atoms with van der Waals surface area (Å²) in [6, 6.07) is 0. The van der Waals surface area contributed by atoms with E-state index in [1.54, 1.807) is 6.20 Å².